The Bertz CT molecular complexity index is 1530. The molecule has 5 rings (SSSR count). The smallest absolute Gasteiger partial charge is 0.255 e. The van der Waals surface area contributed by atoms with Crippen molar-refractivity contribution >= 4 is 21.6 Å². The van der Waals surface area contributed by atoms with E-state index in [4.69, 9.17) is 4.74 Å². The summed E-state index contributed by atoms with van der Waals surface area (Å²) in [4.78, 5) is 15.4. The van der Waals surface area contributed by atoms with E-state index >= 15 is 0 Å². The van der Waals surface area contributed by atoms with Crippen molar-refractivity contribution in [3.8, 4) is 5.75 Å². The zero-order chi connectivity index (χ0) is 30.8. The largest absolute Gasteiger partial charge is 0.494 e. The monoisotopic (exact) mass is 611 g/mol. The number of sulfonamides is 1. The molecule has 1 aliphatic rings. The zero-order valence-electron chi connectivity index (χ0n) is 25.3. The fraction of sp³-hybridized carbons (Fsp3) is 0.306. The highest BCUT2D eigenvalue weighted by Gasteiger charge is 2.32. The molecule has 0 unspecified atom stereocenters. The third kappa shape index (κ3) is 7.94. The van der Waals surface area contributed by atoms with Crippen LogP contribution in [0.15, 0.2) is 114 Å². The molecule has 4 aromatic carbocycles. The number of anilines is 1. The summed E-state index contributed by atoms with van der Waals surface area (Å²) < 4.78 is 34.4. The number of hydrogen-bond donors (Lipinski definition) is 1. The molecule has 1 amide bonds. The second-order valence-electron chi connectivity index (χ2n) is 11.1. The lowest BCUT2D eigenvalue weighted by Crippen LogP contribution is -2.49. The summed E-state index contributed by atoms with van der Waals surface area (Å²) in [5, 5.41) is 2.86. The number of ether oxygens (including phenoxy) is 1. The van der Waals surface area contributed by atoms with E-state index in [1.165, 1.54) is 24.0 Å². The molecule has 44 heavy (non-hydrogen) atoms. The summed E-state index contributed by atoms with van der Waals surface area (Å²) in [6.07, 6.45) is 4.56. The van der Waals surface area contributed by atoms with Crippen molar-refractivity contribution in [3.63, 3.8) is 0 Å². The molecule has 1 fully saturated rings. The Morgan fingerprint density at radius 2 is 1.34 bits per heavy atom. The van der Waals surface area contributed by atoms with Crippen LogP contribution in [0.1, 0.15) is 60.1 Å². The van der Waals surface area contributed by atoms with Crippen LogP contribution in [0.4, 0.5) is 5.69 Å². The minimum atomic E-state index is -3.68. The van der Waals surface area contributed by atoms with Gasteiger partial charge in [-0.15, -0.1) is 0 Å². The Labute approximate surface area is 261 Å². The van der Waals surface area contributed by atoms with Crippen molar-refractivity contribution in [3.05, 3.63) is 126 Å². The molecule has 0 saturated carbocycles. The van der Waals surface area contributed by atoms with Gasteiger partial charge in [-0.3, -0.25) is 9.69 Å². The van der Waals surface area contributed by atoms with Crippen LogP contribution in [0, 0.1) is 0 Å². The van der Waals surface area contributed by atoms with Gasteiger partial charge in [0.05, 0.1) is 17.5 Å². The van der Waals surface area contributed by atoms with Gasteiger partial charge in [-0.05, 0) is 66.1 Å². The lowest BCUT2D eigenvalue weighted by molar-refractivity contribution is 0.102. The average molecular weight is 612 g/mol. The van der Waals surface area contributed by atoms with Crippen LogP contribution in [0.5, 0.6) is 5.75 Å². The molecule has 0 radical (unpaired) electrons. The summed E-state index contributed by atoms with van der Waals surface area (Å²) in [6.45, 7) is 4.87. The second-order valence-corrected chi connectivity index (χ2v) is 13.0. The van der Waals surface area contributed by atoms with Crippen LogP contribution < -0.4 is 10.1 Å². The first-order chi connectivity index (χ1) is 21.5. The van der Waals surface area contributed by atoms with Gasteiger partial charge < -0.3 is 10.1 Å². The van der Waals surface area contributed by atoms with E-state index in [1.807, 2.05) is 36.4 Å². The van der Waals surface area contributed by atoms with Gasteiger partial charge in [0.2, 0.25) is 10.0 Å². The summed E-state index contributed by atoms with van der Waals surface area (Å²) in [5.74, 6) is 0.474. The number of carbonyl (C=O) groups excluding carboxylic acids is 1. The molecule has 0 aliphatic carbocycles. The van der Waals surface area contributed by atoms with Crippen molar-refractivity contribution in [2.24, 2.45) is 0 Å². The van der Waals surface area contributed by atoms with Gasteiger partial charge >= 0.3 is 0 Å². The van der Waals surface area contributed by atoms with Gasteiger partial charge in [-0.1, -0.05) is 86.8 Å². The standard InChI is InChI=1S/C36H41N3O4S/c1-2-3-4-11-28-43-33-20-16-31(17-21-33)36(40)37-32-18-22-34(23-19-32)44(41,42)39-26-24-38(25-27-39)35(29-12-7-5-8-13-29)30-14-9-6-10-15-30/h5-10,12-23,35H,2-4,11,24-28H2,1H3,(H,37,40). The quantitative estimate of drug-likeness (QED) is 0.165. The molecule has 0 aromatic heterocycles. The maximum absolute atomic E-state index is 13.5. The van der Waals surface area contributed by atoms with Gasteiger partial charge in [-0.2, -0.15) is 4.31 Å². The predicted molar refractivity (Wildman–Crippen MR) is 176 cm³/mol. The van der Waals surface area contributed by atoms with Crippen molar-refractivity contribution in [1.82, 2.24) is 9.21 Å². The minimum absolute atomic E-state index is 0.0597. The van der Waals surface area contributed by atoms with E-state index in [0.29, 0.717) is 44.0 Å². The number of nitrogens with zero attached hydrogens (tertiary/aromatic N) is 2. The second kappa shape index (κ2) is 15.1. The number of hydrogen-bond acceptors (Lipinski definition) is 5. The molecule has 1 saturated heterocycles. The highest BCUT2D eigenvalue weighted by Crippen LogP contribution is 2.30. The molecular formula is C36H41N3O4S. The van der Waals surface area contributed by atoms with Gasteiger partial charge in [0, 0.05) is 37.4 Å². The number of nitrogens with one attached hydrogen (secondary N) is 1. The van der Waals surface area contributed by atoms with Crippen molar-refractivity contribution in [2.45, 2.75) is 43.5 Å². The highest BCUT2D eigenvalue weighted by molar-refractivity contribution is 7.89. The first-order valence-electron chi connectivity index (χ1n) is 15.4. The topological polar surface area (TPSA) is 78.9 Å². The molecule has 8 heteroatoms. The summed E-state index contributed by atoms with van der Waals surface area (Å²) >= 11 is 0. The number of unbranched alkanes of at least 4 members (excludes halogenated alkanes) is 3. The fourth-order valence-electron chi connectivity index (χ4n) is 5.57. The van der Waals surface area contributed by atoms with Crippen LogP contribution in [-0.2, 0) is 10.0 Å². The zero-order valence-corrected chi connectivity index (χ0v) is 26.1. The normalized spacial score (nSPS) is 14.4. The predicted octanol–water partition coefficient (Wildman–Crippen LogP) is 6.99. The molecule has 1 N–H and O–H groups in total. The van der Waals surface area contributed by atoms with E-state index in [1.54, 1.807) is 52.8 Å². The lowest BCUT2D eigenvalue weighted by Gasteiger charge is -2.39. The average Bonchev–Trinajstić information content (AvgIpc) is 3.06. The van der Waals surface area contributed by atoms with Gasteiger partial charge in [0.15, 0.2) is 0 Å². The van der Waals surface area contributed by atoms with Gasteiger partial charge in [-0.25, -0.2) is 8.42 Å². The Balaban J connectivity index is 1.17. The molecule has 7 nitrogen and oxygen atoms in total. The number of carbonyl (C=O) groups is 1. The van der Waals surface area contributed by atoms with Crippen LogP contribution in [-0.4, -0.2) is 56.3 Å². The van der Waals surface area contributed by atoms with Crippen LogP contribution in [0.3, 0.4) is 0 Å². The number of rotatable bonds is 13. The van der Waals surface area contributed by atoms with Crippen molar-refractivity contribution in [2.75, 3.05) is 38.1 Å². The molecule has 4 aromatic rings. The first kappa shape index (κ1) is 31.4. The lowest BCUT2D eigenvalue weighted by atomic mass is 9.96. The third-order valence-electron chi connectivity index (χ3n) is 8.00. The Morgan fingerprint density at radius 3 is 1.91 bits per heavy atom. The molecule has 0 spiro atoms. The first-order valence-corrected chi connectivity index (χ1v) is 16.9. The molecule has 0 bridgehead atoms. The Kier molecular flexibility index (Phi) is 10.8. The van der Waals surface area contributed by atoms with Crippen LogP contribution in [0.25, 0.3) is 0 Å². The minimum Gasteiger partial charge on any atom is -0.494 e. The summed E-state index contributed by atoms with van der Waals surface area (Å²) in [7, 11) is -3.68. The number of amides is 1. The van der Waals surface area contributed by atoms with E-state index in [2.05, 4.69) is 41.4 Å². The maximum Gasteiger partial charge on any atom is 0.255 e. The van der Waals surface area contributed by atoms with Gasteiger partial charge in [0.1, 0.15) is 5.75 Å². The van der Waals surface area contributed by atoms with Crippen molar-refractivity contribution < 1.29 is 17.9 Å². The summed E-state index contributed by atoms with van der Waals surface area (Å²) in [5.41, 5.74) is 3.41. The van der Waals surface area contributed by atoms with E-state index < -0.39 is 10.0 Å². The van der Waals surface area contributed by atoms with Crippen LogP contribution in [0.2, 0.25) is 0 Å². The van der Waals surface area contributed by atoms with E-state index in [-0.39, 0.29) is 16.8 Å². The molecule has 0 atom stereocenters. The third-order valence-corrected chi connectivity index (χ3v) is 9.91. The molecule has 1 aliphatic heterocycles. The Hall–Kier alpha value is -3.98. The Morgan fingerprint density at radius 1 is 0.750 bits per heavy atom. The van der Waals surface area contributed by atoms with Crippen LogP contribution >= 0.6 is 0 Å². The van der Waals surface area contributed by atoms with Gasteiger partial charge in [0.25, 0.3) is 5.91 Å². The van der Waals surface area contributed by atoms with E-state index in [0.717, 1.165) is 18.6 Å². The summed E-state index contributed by atoms with van der Waals surface area (Å²) in [6, 6.07) is 34.2. The molecule has 230 valence electrons. The number of piperazine rings is 1. The number of benzene rings is 4. The molecule has 1 heterocycles. The molecular weight excluding hydrogens is 570 g/mol. The maximum atomic E-state index is 13.5. The SMILES string of the molecule is CCCCCCOc1ccc(C(=O)Nc2ccc(S(=O)(=O)N3CCN(C(c4ccccc4)c4ccccc4)CC3)cc2)cc1. The van der Waals surface area contributed by atoms with Crippen molar-refractivity contribution in [1.29, 1.82) is 0 Å². The van der Waals surface area contributed by atoms with E-state index in [9.17, 15) is 13.2 Å². The fourth-order valence-corrected chi connectivity index (χ4v) is 6.99. The highest BCUT2D eigenvalue weighted by atomic mass is 32.2.